The number of nitrogens with one attached hydrogen (secondary N) is 1. The molecule has 250 valence electrons. The lowest BCUT2D eigenvalue weighted by Crippen LogP contribution is -2.48. The molecule has 0 spiro atoms. The second kappa shape index (κ2) is 12.6. The third kappa shape index (κ3) is 7.17. The van der Waals surface area contributed by atoms with Gasteiger partial charge in [-0.05, 0) is 106 Å². The van der Waals surface area contributed by atoms with Crippen LogP contribution in [-0.4, -0.2) is 77.7 Å². The largest absolute Gasteiger partial charge is 0.416 e. The zero-order valence-corrected chi connectivity index (χ0v) is 31.5. The molecule has 0 saturated carbocycles. The van der Waals surface area contributed by atoms with Gasteiger partial charge < -0.3 is 19.5 Å². The van der Waals surface area contributed by atoms with Crippen LogP contribution in [0, 0.1) is 6.92 Å². The van der Waals surface area contributed by atoms with Crippen LogP contribution in [-0.2, 0) is 19.6 Å². The molecule has 9 nitrogen and oxygen atoms in total. The number of fused-ring (bicyclic) bond motifs is 1. The molecule has 0 unspecified atom stereocenters. The summed E-state index contributed by atoms with van der Waals surface area (Å²) in [6.45, 7) is 20.8. The van der Waals surface area contributed by atoms with Gasteiger partial charge in [-0.25, -0.2) is 14.2 Å². The molecule has 4 heterocycles. The third-order valence-corrected chi connectivity index (χ3v) is 15.5. The zero-order valence-electron chi connectivity index (χ0n) is 29.6. The molecule has 11 heteroatoms. The van der Waals surface area contributed by atoms with Crippen molar-refractivity contribution in [1.82, 2.24) is 19.9 Å². The van der Waals surface area contributed by atoms with E-state index in [4.69, 9.17) is 19.4 Å². The molecule has 1 saturated heterocycles. The molecule has 0 radical (unpaired) electrons. The normalized spacial score (nSPS) is 21.4. The molecule has 2 aliphatic heterocycles. The maximum Gasteiger partial charge on any atom is 0.229 e. The van der Waals surface area contributed by atoms with Gasteiger partial charge in [0.25, 0.3) is 0 Å². The third-order valence-electron chi connectivity index (χ3n) is 10.4. The molecule has 2 aromatic heterocycles. The van der Waals surface area contributed by atoms with Gasteiger partial charge in [0.2, 0.25) is 5.95 Å². The first-order valence-corrected chi connectivity index (χ1v) is 21.6. The van der Waals surface area contributed by atoms with Crippen molar-refractivity contribution in [2.45, 2.75) is 89.9 Å². The van der Waals surface area contributed by atoms with Crippen LogP contribution in [0.2, 0.25) is 18.1 Å². The molecule has 2 aliphatic rings. The van der Waals surface area contributed by atoms with Crippen LogP contribution in [0.1, 0.15) is 70.1 Å². The van der Waals surface area contributed by atoms with Gasteiger partial charge in [-0.15, -0.1) is 0 Å². The smallest absolute Gasteiger partial charge is 0.229 e. The minimum absolute atomic E-state index is 0.0387. The van der Waals surface area contributed by atoms with Crippen molar-refractivity contribution in [3.05, 3.63) is 59.3 Å². The van der Waals surface area contributed by atoms with Crippen molar-refractivity contribution in [2.24, 2.45) is 4.36 Å². The van der Waals surface area contributed by atoms with Gasteiger partial charge in [-0.1, -0.05) is 39.8 Å². The zero-order chi connectivity index (χ0) is 33.7. The van der Waals surface area contributed by atoms with E-state index in [1.807, 2.05) is 18.3 Å². The number of hydrogen-bond donors (Lipinski definition) is 1. The summed E-state index contributed by atoms with van der Waals surface area (Å²) >= 11 is 0. The molecule has 0 amide bonds. The van der Waals surface area contributed by atoms with Gasteiger partial charge in [0.05, 0.1) is 0 Å². The number of nitrogens with zero attached hydrogens (tertiary/aromatic N) is 6. The Morgan fingerprint density at radius 1 is 1.13 bits per heavy atom. The van der Waals surface area contributed by atoms with Crippen molar-refractivity contribution in [1.29, 1.82) is 0 Å². The second-order valence-electron chi connectivity index (χ2n) is 15.3. The lowest BCUT2D eigenvalue weighted by atomic mass is 9.81. The first-order valence-electron chi connectivity index (χ1n) is 16.4. The van der Waals surface area contributed by atoms with Crippen molar-refractivity contribution in [2.75, 3.05) is 49.5 Å². The summed E-state index contributed by atoms with van der Waals surface area (Å²) in [4.78, 5) is 19.4. The Labute approximate surface area is 277 Å². The van der Waals surface area contributed by atoms with Gasteiger partial charge >= 0.3 is 0 Å². The van der Waals surface area contributed by atoms with Crippen LogP contribution in [0.5, 0.6) is 0 Å². The number of anilines is 4. The van der Waals surface area contributed by atoms with E-state index in [0.717, 1.165) is 30.2 Å². The topological polar surface area (TPSA) is 95.8 Å². The first-order chi connectivity index (χ1) is 21.4. The van der Waals surface area contributed by atoms with E-state index in [2.05, 4.69) is 99.4 Å². The monoisotopic (exact) mass is 663 g/mol. The standard InChI is InChI=1S/C35H53N7O2SSi/c1-24-21-27(15-16-28(24)26-17-19-41(7)20-18-26)37-33-36-22-29-32(39-33)42(31-14-12-13-30(38-31)40-45(8,9)43)25(2)35(29,6)23-44-46(10,11)34(3,4)5/h12-16,21-22,25-26H,17-20,23H2,1-11H3,(H,36,37,39)/t25-,35+/m0/s1. The number of hydrogen-bond acceptors (Lipinski definition) is 9. The van der Waals surface area contributed by atoms with E-state index in [9.17, 15) is 4.21 Å². The first kappa shape index (κ1) is 34.5. The van der Waals surface area contributed by atoms with Crippen molar-refractivity contribution < 1.29 is 8.63 Å². The van der Waals surface area contributed by atoms with E-state index >= 15 is 0 Å². The van der Waals surface area contributed by atoms with Crippen LogP contribution in [0.3, 0.4) is 0 Å². The van der Waals surface area contributed by atoms with Gasteiger partial charge in [-0.2, -0.15) is 9.35 Å². The van der Waals surface area contributed by atoms with E-state index in [1.54, 1.807) is 18.6 Å². The summed E-state index contributed by atoms with van der Waals surface area (Å²) in [6.07, 6.45) is 7.59. The molecule has 2 atom stereocenters. The summed E-state index contributed by atoms with van der Waals surface area (Å²) in [5.41, 5.74) is 4.32. The van der Waals surface area contributed by atoms with E-state index < -0.39 is 23.5 Å². The van der Waals surface area contributed by atoms with Crippen molar-refractivity contribution in [3.63, 3.8) is 0 Å². The Morgan fingerprint density at radius 2 is 1.83 bits per heavy atom. The predicted molar refractivity (Wildman–Crippen MR) is 194 cm³/mol. The molecule has 3 aromatic rings. The average molecular weight is 664 g/mol. The summed E-state index contributed by atoms with van der Waals surface area (Å²) in [6, 6.07) is 12.3. The Hall–Kier alpha value is -2.86. The fourth-order valence-corrected chi connectivity index (χ4v) is 7.89. The fraction of sp³-hybridized carbons (Fsp3) is 0.571. The maximum absolute atomic E-state index is 12.5. The highest BCUT2D eigenvalue weighted by atomic mass is 32.2. The maximum atomic E-state index is 12.5. The predicted octanol–water partition coefficient (Wildman–Crippen LogP) is 7.91. The highest BCUT2D eigenvalue weighted by Crippen LogP contribution is 2.49. The van der Waals surface area contributed by atoms with Gasteiger partial charge in [-0.3, -0.25) is 0 Å². The molecule has 5 rings (SSSR count). The molecular weight excluding hydrogens is 611 g/mol. The fourth-order valence-electron chi connectivity index (χ4n) is 6.25. The van der Waals surface area contributed by atoms with E-state index in [0.29, 0.717) is 30.1 Å². The molecule has 0 aliphatic carbocycles. The highest BCUT2D eigenvalue weighted by Gasteiger charge is 2.50. The van der Waals surface area contributed by atoms with Crippen molar-refractivity contribution >= 4 is 47.1 Å². The quantitative estimate of drug-likeness (QED) is 0.243. The van der Waals surface area contributed by atoms with Crippen LogP contribution < -0.4 is 10.2 Å². The number of aromatic nitrogens is 3. The Kier molecular flexibility index (Phi) is 9.46. The van der Waals surface area contributed by atoms with Gasteiger partial charge in [0, 0.05) is 57.8 Å². The SMILES string of the molecule is Cc1cc(Nc2ncc3c(n2)N(c2cccc(N=S(C)(C)=O)n2)[C@@H](C)[C@@]3(C)CO[Si](C)(C)C(C)(C)C)ccc1C1CCN(C)CC1. The molecule has 1 fully saturated rings. The van der Waals surface area contributed by atoms with Crippen LogP contribution in [0.15, 0.2) is 47.0 Å². The average Bonchev–Trinajstić information content (AvgIpc) is 3.17. The number of aryl methyl sites for hydroxylation is 1. The lowest BCUT2D eigenvalue weighted by Gasteiger charge is -2.40. The van der Waals surface area contributed by atoms with Crippen LogP contribution in [0.25, 0.3) is 0 Å². The Morgan fingerprint density at radius 3 is 2.46 bits per heavy atom. The van der Waals surface area contributed by atoms with Crippen LogP contribution in [0.4, 0.5) is 29.1 Å². The van der Waals surface area contributed by atoms with Gasteiger partial charge in [0.1, 0.15) is 11.6 Å². The number of rotatable bonds is 8. The van der Waals surface area contributed by atoms with E-state index in [1.165, 1.54) is 24.0 Å². The van der Waals surface area contributed by atoms with Crippen molar-refractivity contribution in [3.8, 4) is 0 Å². The number of likely N-dealkylation sites (tertiary alicyclic amines) is 1. The molecule has 0 bridgehead atoms. The summed E-state index contributed by atoms with van der Waals surface area (Å²) in [5, 5.41) is 3.57. The summed E-state index contributed by atoms with van der Waals surface area (Å²) < 4.78 is 23.8. The Balaban J connectivity index is 1.51. The molecule has 1 aromatic carbocycles. The van der Waals surface area contributed by atoms with Gasteiger partial charge in [0.15, 0.2) is 14.1 Å². The summed E-state index contributed by atoms with van der Waals surface area (Å²) in [7, 11) is -2.20. The van der Waals surface area contributed by atoms with Crippen LogP contribution >= 0.6 is 0 Å². The lowest BCUT2D eigenvalue weighted by molar-refractivity contribution is 0.197. The minimum atomic E-state index is -2.37. The summed E-state index contributed by atoms with van der Waals surface area (Å²) in [5.74, 6) is 3.08. The van der Waals surface area contributed by atoms with E-state index in [-0.39, 0.29) is 11.1 Å². The Bertz CT molecular complexity index is 1700. The number of piperidine rings is 1. The second-order valence-corrected chi connectivity index (χ2v) is 22.7. The molecule has 1 N–H and O–H groups in total. The molecular formula is C35H53N7O2SSi. The minimum Gasteiger partial charge on any atom is -0.416 e. The number of pyridine rings is 1. The molecule has 46 heavy (non-hydrogen) atoms. The highest BCUT2D eigenvalue weighted by molar-refractivity contribution is 7.92. The number of benzene rings is 1.